The Labute approximate surface area is 294 Å². The lowest BCUT2D eigenvalue weighted by atomic mass is 9.85. The van der Waals surface area contributed by atoms with E-state index >= 15 is 0 Å². The number of likely N-dealkylation sites (N-methyl/N-ethyl adjacent to an activating group) is 1. The first-order chi connectivity index (χ1) is 23.2. The lowest BCUT2D eigenvalue weighted by Gasteiger charge is -2.37. The molecule has 50 heavy (non-hydrogen) atoms. The summed E-state index contributed by atoms with van der Waals surface area (Å²) in [7, 11) is 3.11. The van der Waals surface area contributed by atoms with E-state index in [1.54, 1.807) is 86.0 Å². The van der Waals surface area contributed by atoms with E-state index < -0.39 is 77.7 Å². The third-order valence-corrected chi connectivity index (χ3v) is 9.45. The fraction of sp³-hybridized carbons (Fsp3) is 0.639. The van der Waals surface area contributed by atoms with Crippen molar-refractivity contribution in [3.63, 3.8) is 0 Å². The molecule has 14 nitrogen and oxygen atoms in total. The summed E-state index contributed by atoms with van der Waals surface area (Å²) in [6, 6.07) is 4.48. The SMILES string of the molecule is CCCC(NC(=O)[C@@H]1C2[C@H](CN1C(=O)[C@@H](NC(=O)OC(C)C)C(C)(C)C)C2(C)C)C(=O)C(=O)NCC(=O)N[C@H](C(=O)N(C)C)c1ccccc1. The highest BCUT2D eigenvalue weighted by molar-refractivity contribution is 6.38. The van der Waals surface area contributed by atoms with Crippen molar-refractivity contribution in [3.8, 4) is 0 Å². The van der Waals surface area contributed by atoms with Gasteiger partial charge in [-0.05, 0) is 48.5 Å². The van der Waals surface area contributed by atoms with Gasteiger partial charge >= 0.3 is 6.09 Å². The first kappa shape index (κ1) is 39.9. The number of ether oxygens (including phenoxy) is 1. The second-order valence-electron chi connectivity index (χ2n) is 15.3. The molecule has 1 aliphatic carbocycles. The van der Waals surface area contributed by atoms with Gasteiger partial charge in [-0.25, -0.2) is 4.79 Å². The molecule has 1 aromatic carbocycles. The number of nitrogens with one attached hydrogen (secondary N) is 4. The largest absolute Gasteiger partial charge is 0.447 e. The summed E-state index contributed by atoms with van der Waals surface area (Å²) < 4.78 is 5.23. The van der Waals surface area contributed by atoms with Crippen molar-refractivity contribution in [3.05, 3.63) is 35.9 Å². The molecule has 1 aliphatic heterocycles. The van der Waals surface area contributed by atoms with Crippen molar-refractivity contribution >= 4 is 41.4 Å². The Morgan fingerprint density at radius 3 is 2.14 bits per heavy atom. The molecule has 1 aromatic rings. The topological polar surface area (TPSA) is 183 Å². The van der Waals surface area contributed by atoms with Crippen LogP contribution in [-0.2, 0) is 33.5 Å². The number of fused-ring (bicyclic) bond motifs is 1. The van der Waals surface area contributed by atoms with Gasteiger partial charge < -0.3 is 35.8 Å². The van der Waals surface area contributed by atoms with Gasteiger partial charge in [-0.2, -0.15) is 0 Å². The van der Waals surface area contributed by atoms with Crippen LogP contribution in [0.25, 0.3) is 0 Å². The van der Waals surface area contributed by atoms with Gasteiger partial charge in [0, 0.05) is 20.6 Å². The van der Waals surface area contributed by atoms with Crippen LogP contribution in [0.1, 0.15) is 79.8 Å². The van der Waals surface area contributed by atoms with Crippen LogP contribution in [0.3, 0.4) is 0 Å². The number of ketones is 1. The fourth-order valence-corrected chi connectivity index (χ4v) is 6.62. The maximum atomic E-state index is 14.0. The third kappa shape index (κ3) is 9.39. The summed E-state index contributed by atoms with van der Waals surface area (Å²) in [4.78, 5) is 95.3. The summed E-state index contributed by atoms with van der Waals surface area (Å²) in [6.07, 6.45) is -0.549. The highest BCUT2D eigenvalue weighted by Crippen LogP contribution is 2.65. The van der Waals surface area contributed by atoms with E-state index in [-0.39, 0.29) is 29.6 Å². The molecule has 2 fully saturated rings. The number of rotatable bonds is 14. The summed E-state index contributed by atoms with van der Waals surface area (Å²) in [5.41, 5.74) is -0.406. The van der Waals surface area contributed by atoms with Crippen LogP contribution in [0.4, 0.5) is 4.79 Å². The minimum Gasteiger partial charge on any atom is -0.447 e. The number of nitrogens with zero attached hydrogens (tertiary/aromatic N) is 2. The highest BCUT2D eigenvalue weighted by Gasteiger charge is 2.70. The molecule has 6 amide bonds. The standard InChI is InChI=1S/C36H54N6O8/c1-11-15-23(28(44)31(46)37-18-24(43)39-26(32(47)41(9)10)21-16-13-12-14-17-21)38-30(45)27-25-22(36(25,7)8)19-42(27)33(48)29(35(4,5)6)40-34(49)50-20(2)3/h12-14,16-17,20,22-23,25-27,29H,11,15,18-19H2,1-10H3,(H,37,46)(H,38,45)(H,39,43)(H,40,49)/t22-,23?,25?,26-,27-,29+/m0/s1. The Balaban J connectivity index is 1.72. The quantitative estimate of drug-likeness (QED) is 0.213. The number of Topliss-reactive ketones (excluding diaryl/α,β-unsaturated/α-hetero) is 1. The molecule has 1 saturated carbocycles. The summed E-state index contributed by atoms with van der Waals surface area (Å²) in [6.45, 7) is 14.4. The smallest absolute Gasteiger partial charge is 0.408 e. The van der Waals surface area contributed by atoms with Crippen molar-refractivity contribution in [1.82, 2.24) is 31.1 Å². The van der Waals surface area contributed by atoms with Crippen molar-refractivity contribution in [2.45, 2.75) is 98.5 Å². The molecule has 2 aliphatic rings. The van der Waals surface area contributed by atoms with Crippen LogP contribution in [0.5, 0.6) is 0 Å². The molecule has 0 bridgehead atoms. The normalized spacial score (nSPS) is 20.8. The summed E-state index contributed by atoms with van der Waals surface area (Å²) >= 11 is 0. The second kappa shape index (κ2) is 16.0. The zero-order valence-corrected chi connectivity index (χ0v) is 30.9. The summed E-state index contributed by atoms with van der Waals surface area (Å²) in [5.74, 6) is -4.24. The molecule has 2 unspecified atom stereocenters. The second-order valence-corrected chi connectivity index (χ2v) is 15.3. The molecule has 0 radical (unpaired) electrons. The maximum absolute atomic E-state index is 14.0. The molecular weight excluding hydrogens is 644 g/mol. The van der Waals surface area contributed by atoms with Crippen molar-refractivity contribution in [1.29, 1.82) is 0 Å². The number of carbonyl (C=O) groups is 7. The van der Waals surface area contributed by atoms with E-state index in [1.807, 2.05) is 13.8 Å². The predicted octanol–water partition coefficient (Wildman–Crippen LogP) is 1.93. The van der Waals surface area contributed by atoms with Gasteiger partial charge in [-0.3, -0.25) is 28.8 Å². The molecular formula is C36H54N6O8. The molecule has 1 heterocycles. The predicted molar refractivity (Wildman–Crippen MR) is 185 cm³/mol. The third-order valence-electron chi connectivity index (χ3n) is 9.45. The van der Waals surface area contributed by atoms with Gasteiger partial charge in [0.1, 0.15) is 18.1 Å². The van der Waals surface area contributed by atoms with E-state index in [4.69, 9.17) is 4.74 Å². The van der Waals surface area contributed by atoms with Crippen molar-refractivity contribution < 1.29 is 38.3 Å². The van der Waals surface area contributed by atoms with Crippen molar-refractivity contribution in [2.75, 3.05) is 27.2 Å². The van der Waals surface area contributed by atoms with Crippen LogP contribution in [-0.4, -0.2) is 103 Å². The van der Waals surface area contributed by atoms with Crippen LogP contribution in [0, 0.1) is 22.7 Å². The summed E-state index contributed by atoms with van der Waals surface area (Å²) in [5, 5.41) is 10.3. The zero-order valence-electron chi connectivity index (χ0n) is 30.9. The molecule has 1 saturated heterocycles. The molecule has 0 aromatic heterocycles. The van der Waals surface area contributed by atoms with Crippen LogP contribution < -0.4 is 21.3 Å². The van der Waals surface area contributed by atoms with Crippen LogP contribution >= 0.6 is 0 Å². The molecule has 0 spiro atoms. The van der Waals surface area contributed by atoms with Gasteiger partial charge in [-0.1, -0.05) is 78.3 Å². The molecule has 3 rings (SSSR count). The average molecular weight is 699 g/mol. The number of piperidine rings is 1. The minimum absolute atomic E-state index is 0.0339. The van der Waals surface area contributed by atoms with Crippen molar-refractivity contribution in [2.24, 2.45) is 22.7 Å². The zero-order chi connectivity index (χ0) is 37.7. The van der Waals surface area contributed by atoms with E-state index in [0.29, 0.717) is 18.5 Å². The lowest BCUT2D eigenvalue weighted by molar-refractivity contribution is -0.145. The number of alkyl carbamates (subject to hydrolysis) is 1. The number of amides is 6. The van der Waals surface area contributed by atoms with Gasteiger partial charge in [0.15, 0.2) is 0 Å². The van der Waals surface area contributed by atoms with E-state index in [2.05, 4.69) is 21.3 Å². The molecule has 4 N–H and O–H groups in total. The Morgan fingerprint density at radius 1 is 0.980 bits per heavy atom. The Bertz CT molecular complexity index is 1450. The number of carbonyl (C=O) groups excluding carboxylic acids is 7. The van der Waals surface area contributed by atoms with Gasteiger partial charge in [0.05, 0.1) is 18.7 Å². The number of hydrogen-bond donors (Lipinski definition) is 4. The number of likely N-dealkylation sites (tertiary alicyclic amines) is 1. The van der Waals surface area contributed by atoms with E-state index in [0.717, 1.165) is 0 Å². The minimum atomic E-state index is -1.21. The van der Waals surface area contributed by atoms with E-state index in [9.17, 15) is 33.6 Å². The first-order valence-corrected chi connectivity index (χ1v) is 17.2. The fourth-order valence-electron chi connectivity index (χ4n) is 6.62. The van der Waals surface area contributed by atoms with Crippen LogP contribution in [0.15, 0.2) is 30.3 Å². The van der Waals surface area contributed by atoms with E-state index in [1.165, 1.54) is 9.80 Å². The Kier molecular flexibility index (Phi) is 12.8. The number of hydrogen-bond acceptors (Lipinski definition) is 8. The molecule has 14 heteroatoms. The lowest BCUT2D eigenvalue weighted by Crippen LogP contribution is -2.60. The van der Waals surface area contributed by atoms with Crippen LogP contribution in [0.2, 0.25) is 0 Å². The average Bonchev–Trinajstić information content (AvgIpc) is 3.33. The maximum Gasteiger partial charge on any atom is 0.408 e. The Morgan fingerprint density at radius 2 is 1.60 bits per heavy atom. The Hall–Kier alpha value is -4.49. The van der Waals surface area contributed by atoms with Gasteiger partial charge in [0.25, 0.3) is 5.91 Å². The molecule has 276 valence electrons. The monoisotopic (exact) mass is 698 g/mol. The van der Waals surface area contributed by atoms with Gasteiger partial charge in [-0.15, -0.1) is 0 Å². The van der Waals surface area contributed by atoms with Gasteiger partial charge in [0.2, 0.25) is 29.4 Å². The number of benzene rings is 1. The molecule has 6 atom stereocenters. The first-order valence-electron chi connectivity index (χ1n) is 17.2. The highest BCUT2D eigenvalue weighted by atomic mass is 16.6.